The maximum absolute atomic E-state index is 13.6. The summed E-state index contributed by atoms with van der Waals surface area (Å²) in [6.45, 7) is 4.79. The molecule has 0 saturated carbocycles. The number of benzene rings is 2. The molecule has 2 atom stereocenters. The molecule has 0 radical (unpaired) electrons. The molecule has 1 saturated heterocycles. The minimum absolute atomic E-state index is 0.184. The number of halogens is 1. The van der Waals surface area contributed by atoms with Crippen molar-refractivity contribution in [3.05, 3.63) is 71.5 Å². The van der Waals surface area contributed by atoms with Crippen LogP contribution in [-0.2, 0) is 25.5 Å². The average Bonchev–Trinajstić information content (AvgIpc) is 2.76. The number of carbonyl (C=O) groups excluding carboxylic acids is 2. The molecule has 0 aromatic heterocycles. The summed E-state index contributed by atoms with van der Waals surface area (Å²) in [6.07, 6.45) is -0.758. The third kappa shape index (κ3) is 6.35. The van der Waals surface area contributed by atoms with E-state index in [1.807, 2.05) is 44.2 Å². The summed E-state index contributed by atoms with van der Waals surface area (Å²) in [6, 6.07) is 15.9. The molecule has 1 heterocycles. The molecule has 0 spiro atoms. The number of carbonyl (C=O) groups is 2. The van der Waals surface area contributed by atoms with E-state index in [4.69, 9.17) is 9.47 Å². The molecule has 2 amide bonds. The Morgan fingerprint density at radius 2 is 1.71 bits per heavy atom. The van der Waals surface area contributed by atoms with Gasteiger partial charge in [-0.25, -0.2) is 4.39 Å². The quantitative estimate of drug-likeness (QED) is 0.634. The van der Waals surface area contributed by atoms with Gasteiger partial charge in [-0.3, -0.25) is 9.59 Å². The van der Waals surface area contributed by atoms with Gasteiger partial charge in [-0.1, -0.05) is 62.4 Å². The lowest BCUT2D eigenvalue weighted by atomic mass is 9.85. The SMILES string of the molecule is CC1(C)COC(c2ccccc2)O[C@H]1C(=O)NCCNC(=O)CCc1ccccc1F. The van der Waals surface area contributed by atoms with Gasteiger partial charge in [0, 0.05) is 30.5 Å². The molecule has 1 aliphatic heterocycles. The summed E-state index contributed by atoms with van der Waals surface area (Å²) in [7, 11) is 0. The minimum Gasteiger partial charge on any atom is -0.354 e. The van der Waals surface area contributed by atoms with E-state index in [-0.39, 0.29) is 37.1 Å². The number of rotatable bonds is 8. The van der Waals surface area contributed by atoms with Gasteiger partial charge in [-0.05, 0) is 18.1 Å². The van der Waals surface area contributed by atoms with E-state index < -0.39 is 17.8 Å². The topological polar surface area (TPSA) is 76.7 Å². The van der Waals surface area contributed by atoms with Crippen LogP contribution in [0.25, 0.3) is 0 Å². The van der Waals surface area contributed by atoms with Crippen LogP contribution in [0.4, 0.5) is 4.39 Å². The number of amides is 2. The summed E-state index contributed by atoms with van der Waals surface area (Å²) in [5, 5.41) is 5.57. The molecule has 31 heavy (non-hydrogen) atoms. The van der Waals surface area contributed by atoms with Crippen molar-refractivity contribution in [1.29, 1.82) is 0 Å². The molecule has 6 nitrogen and oxygen atoms in total. The zero-order chi connectivity index (χ0) is 22.3. The van der Waals surface area contributed by atoms with Gasteiger partial charge in [0.1, 0.15) is 11.9 Å². The zero-order valence-corrected chi connectivity index (χ0v) is 17.9. The van der Waals surface area contributed by atoms with Gasteiger partial charge in [-0.2, -0.15) is 0 Å². The molecular formula is C24H29FN2O4. The smallest absolute Gasteiger partial charge is 0.249 e. The molecule has 3 rings (SSSR count). The van der Waals surface area contributed by atoms with Gasteiger partial charge in [0.2, 0.25) is 11.8 Å². The van der Waals surface area contributed by atoms with Crippen LogP contribution in [0.5, 0.6) is 0 Å². The Hall–Kier alpha value is -2.77. The highest BCUT2D eigenvalue weighted by Crippen LogP contribution is 2.36. The second-order valence-corrected chi connectivity index (χ2v) is 8.29. The fourth-order valence-corrected chi connectivity index (χ4v) is 3.43. The number of hydrogen-bond donors (Lipinski definition) is 2. The molecule has 1 fully saturated rings. The molecule has 2 aromatic rings. The molecule has 2 N–H and O–H groups in total. The maximum atomic E-state index is 13.6. The normalized spacial score (nSPS) is 20.1. The van der Waals surface area contributed by atoms with Crippen LogP contribution >= 0.6 is 0 Å². The van der Waals surface area contributed by atoms with Crippen molar-refractivity contribution in [1.82, 2.24) is 10.6 Å². The highest BCUT2D eigenvalue weighted by atomic mass is 19.1. The van der Waals surface area contributed by atoms with E-state index in [9.17, 15) is 14.0 Å². The second-order valence-electron chi connectivity index (χ2n) is 8.29. The summed E-state index contributed by atoms with van der Waals surface area (Å²) < 4.78 is 25.4. The van der Waals surface area contributed by atoms with Crippen molar-refractivity contribution in [2.24, 2.45) is 5.41 Å². The first-order valence-corrected chi connectivity index (χ1v) is 10.5. The minimum atomic E-state index is -0.678. The third-order valence-corrected chi connectivity index (χ3v) is 5.21. The van der Waals surface area contributed by atoms with E-state index in [2.05, 4.69) is 10.6 Å². The largest absolute Gasteiger partial charge is 0.354 e. The van der Waals surface area contributed by atoms with Crippen molar-refractivity contribution in [3.8, 4) is 0 Å². The standard InChI is InChI=1S/C24H29FN2O4/c1-24(2)16-30-23(18-9-4-3-5-10-18)31-21(24)22(29)27-15-14-26-20(28)13-12-17-8-6-7-11-19(17)25/h3-11,21,23H,12-16H2,1-2H3,(H,26,28)(H,27,29)/t21-,23?/m0/s1. The Balaban J connectivity index is 1.42. The van der Waals surface area contributed by atoms with Gasteiger partial charge >= 0.3 is 0 Å². The third-order valence-electron chi connectivity index (χ3n) is 5.21. The summed E-state index contributed by atoms with van der Waals surface area (Å²) in [5.74, 6) is -0.741. The first kappa shape index (κ1) is 22.9. The van der Waals surface area contributed by atoms with Gasteiger partial charge in [0.05, 0.1) is 6.61 Å². The van der Waals surface area contributed by atoms with E-state index in [0.29, 0.717) is 18.6 Å². The molecule has 1 unspecified atom stereocenters. The van der Waals surface area contributed by atoms with Crippen molar-refractivity contribution >= 4 is 11.8 Å². The lowest BCUT2D eigenvalue weighted by molar-refractivity contribution is -0.258. The van der Waals surface area contributed by atoms with E-state index in [1.165, 1.54) is 6.07 Å². The van der Waals surface area contributed by atoms with Gasteiger partial charge in [-0.15, -0.1) is 0 Å². The van der Waals surface area contributed by atoms with Gasteiger partial charge in [0.15, 0.2) is 6.29 Å². The highest BCUT2D eigenvalue weighted by Gasteiger charge is 2.43. The van der Waals surface area contributed by atoms with Gasteiger partial charge < -0.3 is 20.1 Å². The number of hydrogen-bond acceptors (Lipinski definition) is 4. The summed E-state index contributed by atoms with van der Waals surface area (Å²) in [5.41, 5.74) is 0.883. The average molecular weight is 429 g/mol. The second kappa shape index (κ2) is 10.5. The lowest BCUT2D eigenvalue weighted by Gasteiger charge is -2.41. The summed E-state index contributed by atoms with van der Waals surface area (Å²) >= 11 is 0. The van der Waals surface area contributed by atoms with Crippen LogP contribution in [0.1, 0.15) is 37.7 Å². The monoisotopic (exact) mass is 428 g/mol. The van der Waals surface area contributed by atoms with Crippen LogP contribution in [0.15, 0.2) is 54.6 Å². The molecule has 2 aromatic carbocycles. The Labute approximate surface area is 182 Å². The molecule has 0 bridgehead atoms. The molecule has 7 heteroatoms. The van der Waals surface area contributed by atoms with Crippen LogP contribution in [0.3, 0.4) is 0 Å². The predicted octanol–water partition coefficient (Wildman–Crippen LogP) is 3.13. The Morgan fingerprint density at radius 1 is 1.03 bits per heavy atom. The molecular weight excluding hydrogens is 399 g/mol. The fourth-order valence-electron chi connectivity index (χ4n) is 3.43. The van der Waals surface area contributed by atoms with Crippen molar-refractivity contribution < 1.29 is 23.5 Å². The van der Waals surface area contributed by atoms with Crippen molar-refractivity contribution in [3.63, 3.8) is 0 Å². The Morgan fingerprint density at radius 3 is 2.45 bits per heavy atom. The predicted molar refractivity (Wildman–Crippen MR) is 115 cm³/mol. The van der Waals surface area contributed by atoms with Crippen LogP contribution in [0, 0.1) is 11.2 Å². The van der Waals surface area contributed by atoms with Crippen LogP contribution in [0.2, 0.25) is 0 Å². The highest BCUT2D eigenvalue weighted by molar-refractivity contribution is 5.82. The first-order chi connectivity index (χ1) is 14.9. The Kier molecular flexibility index (Phi) is 7.76. The molecule has 166 valence electrons. The lowest BCUT2D eigenvalue weighted by Crippen LogP contribution is -2.52. The van der Waals surface area contributed by atoms with Crippen molar-refractivity contribution in [2.45, 2.75) is 39.1 Å². The van der Waals surface area contributed by atoms with Crippen LogP contribution < -0.4 is 10.6 Å². The zero-order valence-electron chi connectivity index (χ0n) is 17.9. The number of aryl methyl sites for hydroxylation is 1. The van der Waals surface area contributed by atoms with E-state index >= 15 is 0 Å². The van der Waals surface area contributed by atoms with E-state index in [1.54, 1.807) is 18.2 Å². The first-order valence-electron chi connectivity index (χ1n) is 10.5. The Bertz CT molecular complexity index is 888. The van der Waals surface area contributed by atoms with Crippen LogP contribution in [-0.4, -0.2) is 37.6 Å². The van der Waals surface area contributed by atoms with E-state index in [0.717, 1.165) is 5.56 Å². The molecule has 0 aliphatic carbocycles. The summed E-state index contributed by atoms with van der Waals surface area (Å²) in [4.78, 5) is 24.7. The number of nitrogens with one attached hydrogen (secondary N) is 2. The molecule has 1 aliphatic rings. The van der Waals surface area contributed by atoms with Gasteiger partial charge in [0.25, 0.3) is 0 Å². The van der Waals surface area contributed by atoms with Crippen molar-refractivity contribution in [2.75, 3.05) is 19.7 Å². The fraction of sp³-hybridized carbons (Fsp3) is 0.417. The maximum Gasteiger partial charge on any atom is 0.249 e. The number of ether oxygens (including phenoxy) is 2.